The van der Waals surface area contributed by atoms with Gasteiger partial charge in [0.2, 0.25) is 0 Å². The predicted molar refractivity (Wildman–Crippen MR) is 83.4 cm³/mol. The Bertz CT molecular complexity index is 868. The van der Waals surface area contributed by atoms with Crippen LogP contribution in [-0.2, 0) is 0 Å². The first-order valence-corrected chi connectivity index (χ1v) is 7.25. The highest BCUT2D eigenvalue weighted by molar-refractivity contribution is 9.10. The molecule has 1 aromatic heterocycles. The third kappa shape index (κ3) is 3.26. The molecule has 0 aliphatic heterocycles. The van der Waals surface area contributed by atoms with Gasteiger partial charge in [0.05, 0.1) is 5.56 Å². The Hall–Kier alpha value is -2.61. The van der Waals surface area contributed by atoms with Crippen molar-refractivity contribution >= 4 is 27.5 Å². The molecule has 0 radical (unpaired) electrons. The van der Waals surface area contributed by atoms with Gasteiger partial charge in [-0.1, -0.05) is 15.9 Å². The van der Waals surface area contributed by atoms with E-state index in [1.807, 2.05) is 0 Å². The Morgan fingerprint density at radius 2 is 1.96 bits per heavy atom. The Balaban J connectivity index is 1.84. The molecular formula is C15H9BrF2N4O. The third-order valence-electron chi connectivity index (χ3n) is 3.04. The lowest BCUT2D eigenvalue weighted by Gasteiger charge is -2.09. The van der Waals surface area contributed by atoms with E-state index in [-0.39, 0.29) is 16.9 Å². The minimum absolute atomic E-state index is 0.139. The summed E-state index contributed by atoms with van der Waals surface area (Å²) >= 11 is 3.17. The molecule has 1 amide bonds. The van der Waals surface area contributed by atoms with Crippen LogP contribution in [0.4, 0.5) is 14.5 Å². The lowest BCUT2D eigenvalue weighted by Crippen LogP contribution is -2.14. The summed E-state index contributed by atoms with van der Waals surface area (Å²) < 4.78 is 29.6. The molecule has 0 aliphatic carbocycles. The zero-order chi connectivity index (χ0) is 16.4. The number of aromatic nitrogens is 3. The molecule has 0 bridgehead atoms. The molecule has 1 heterocycles. The number of anilines is 1. The molecule has 8 heteroatoms. The summed E-state index contributed by atoms with van der Waals surface area (Å²) in [4.78, 5) is 15.8. The summed E-state index contributed by atoms with van der Waals surface area (Å²) in [5.74, 6) is -1.93. The van der Waals surface area contributed by atoms with E-state index in [9.17, 15) is 13.6 Å². The predicted octanol–water partition coefficient (Wildman–Crippen LogP) is 3.56. The highest BCUT2D eigenvalue weighted by Gasteiger charge is 2.14. The maximum atomic E-state index is 14.1. The molecule has 116 valence electrons. The molecule has 0 saturated heterocycles. The lowest BCUT2D eigenvalue weighted by molar-refractivity contribution is 0.102. The number of halogens is 3. The fraction of sp³-hybridized carbons (Fsp3) is 0. The maximum Gasteiger partial charge on any atom is 0.258 e. The first kappa shape index (κ1) is 15.3. The SMILES string of the molecule is O=C(Nc1ccc(-n2cncn2)c(F)c1)c1cc(Br)ccc1F. The average molecular weight is 379 g/mol. The van der Waals surface area contributed by atoms with Crippen molar-refractivity contribution in [2.45, 2.75) is 0 Å². The van der Waals surface area contributed by atoms with E-state index in [1.165, 1.54) is 47.7 Å². The zero-order valence-electron chi connectivity index (χ0n) is 11.5. The van der Waals surface area contributed by atoms with Crippen molar-refractivity contribution < 1.29 is 13.6 Å². The van der Waals surface area contributed by atoms with Crippen LogP contribution in [0.2, 0.25) is 0 Å². The van der Waals surface area contributed by atoms with Crippen LogP contribution in [0.15, 0.2) is 53.5 Å². The van der Waals surface area contributed by atoms with E-state index in [2.05, 4.69) is 31.3 Å². The molecule has 0 atom stereocenters. The molecule has 5 nitrogen and oxygen atoms in total. The van der Waals surface area contributed by atoms with Crippen LogP contribution in [0.1, 0.15) is 10.4 Å². The highest BCUT2D eigenvalue weighted by atomic mass is 79.9. The molecule has 1 N–H and O–H groups in total. The van der Waals surface area contributed by atoms with Crippen molar-refractivity contribution in [2.24, 2.45) is 0 Å². The summed E-state index contributed by atoms with van der Waals surface area (Å²) in [6.07, 6.45) is 2.64. The first-order chi connectivity index (χ1) is 11.0. The van der Waals surface area contributed by atoms with Crippen LogP contribution < -0.4 is 5.32 Å². The van der Waals surface area contributed by atoms with Crippen LogP contribution in [0.5, 0.6) is 0 Å². The van der Waals surface area contributed by atoms with Gasteiger partial charge in [0.1, 0.15) is 24.2 Å². The second-order valence-electron chi connectivity index (χ2n) is 4.58. The Morgan fingerprint density at radius 1 is 1.13 bits per heavy atom. The normalized spacial score (nSPS) is 10.6. The zero-order valence-corrected chi connectivity index (χ0v) is 13.1. The summed E-state index contributed by atoms with van der Waals surface area (Å²) in [7, 11) is 0. The van der Waals surface area contributed by atoms with Gasteiger partial charge in [-0.3, -0.25) is 4.79 Å². The lowest BCUT2D eigenvalue weighted by atomic mass is 10.2. The number of carbonyl (C=O) groups excluding carboxylic acids is 1. The molecule has 2 aromatic carbocycles. The Morgan fingerprint density at radius 3 is 2.65 bits per heavy atom. The van der Waals surface area contributed by atoms with E-state index in [0.29, 0.717) is 4.47 Å². The van der Waals surface area contributed by atoms with Gasteiger partial charge < -0.3 is 5.32 Å². The first-order valence-electron chi connectivity index (χ1n) is 6.45. The Kier molecular flexibility index (Phi) is 4.16. The van der Waals surface area contributed by atoms with E-state index in [0.717, 1.165) is 6.07 Å². The van der Waals surface area contributed by atoms with Crippen LogP contribution in [0.3, 0.4) is 0 Å². The van der Waals surface area contributed by atoms with Gasteiger partial charge in [-0.25, -0.2) is 18.4 Å². The summed E-state index contributed by atoms with van der Waals surface area (Å²) in [5.41, 5.74) is 0.255. The second-order valence-corrected chi connectivity index (χ2v) is 5.50. The number of amides is 1. The van der Waals surface area contributed by atoms with Gasteiger partial charge in [-0.15, -0.1) is 0 Å². The second kappa shape index (κ2) is 6.25. The molecule has 0 fully saturated rings. The van der Waals surface area contributed by atoms with Crippen molar-refractivity contribution in [3.63, 3.8) is 0 Å². The molecule has 23 heavy (non-hydrogen) atoms. The fourth-order valence-electron chi connectivity index (χ4n) is 1.97. The van der Waals surface area contributed by atoms with E-state index >= 15 is 0 Å². The minimum Gasteiger partial charge on any atom is -0.322 e. The topological polar surface area (TPSA) is 59.8 Å². The van der Waals surface area contributed by atoms with Gasteiger partial charge in [-0.05, 0) is 36.4 Å². The maximum absolute atomic E-state index is 14.1. The number of nitrogens with one attached hydrogen (secondary N) is 1. The summed E-state index contributed by atoms with van der Waals surface area (Å²) in [5, 5.41) is 6.28. The minimum atomic E-state index is -0.670. The van der Waals surface area contributed by atoms with E-state index in [4.69, 9.17) is 0 Å². The number of rotatable bonds is 3. The molecule has 3 aromatic rings. The van der Waals surface area contributed by atoms with Gasteiger partial charge in [0.15, 0.2) is 5.82 Å². The monoisotopic (exact) mass is 378 g/mol. The van der Waals surface area contributed by atoms with Crippen molar-refractivity contribution in [2.75, 3.05) is 5.32 Å². The molecular weight excluding hydrogens is 370 g/mol. The molecule has 0 aliphatic rings. The van der Waals surface area contributed by atoms with E-state index in [1.54, 1.807) is 0 Å². The fourth-order valence-corrected chi connectivity index (χ4v) is 2.33. The van der Waals surface area contributed by atoms with Crippen LogP contribution >= 0.6 is 15.9 Å². The smallest absolute Gasteiger partial charge is 0.258 e. The quantitative estimate of drug-likeness (QED) is 0.757. The van der Waals surface area contributed by atoms with Gasteiger partial charge in [0.25, 0.3) is 5.91 Å². The summed E-state index contributed by atoms with van der Waals surface area (Å²) in [6, 6.07) is 8.08. The largest absolute Gasteiger partial charge is 0.322 e. The van der Waals surface area contributed by atoms with Crippen LogP contribution in [-0.4, -0.2) is 20.7 Å². The molecule has 0 spiro atoms. The Labute approximate surface area is 138 Å². The van der Waals surface area contributed by atoms with Crippen molar-refractivity contribution in [1.82, 2.24) is 14.8 Å². The van der Waals surface area contributed by atoms with Crippen LogP contribution in [0, 0.1) is 11.6 Å². The van der Waals surface area contributed by atoms with Crippen molar-refractivity contribution in [3.05, 3.63) is 70.7 Å². The van der Waals surface area contributed by atoms with Gasteiger partial charge in [-0.2, -0.15) is 5.10 Å². The highest BCUT2D eigenvalue weighted by Crippen LogP contribution is 2.20. The number of hydrogen-bond donors (Lipinski definition) is 1. The van der Waals surface area contributed by atoms with E-state index < -0.39 is 17.5 Å². The van der Waals surface area contributed by atoms with Crippen molar-refractivity contribution in [3.8, 4) is 5.69 Å². The molecule has 3 rings (SSSR count). The number of benzene rings is 2. The van der Waals surface area contributed by atoms with Gasteiger partial charge in [0, 0.05) is 10.2 Å². The number of hydrogen-bond acceptors (Lipinski definition) is 3. The third-order valence-corrected chi connectivity index (χ3v) is 3.54. The molecule has 0 unspecified atom stereocenters. The van der Waals surface area contributed by atoms with Crippen LogP contribution in [0.25, 0.3) is 5.69 Å². The standard InChI is InChI=1S/C15H9BrF2N4O/c16-9-1-3-12(17)11(5-9)15(23)21-10-2-4-14(13(18)6-10)22-8-19-7-20-22/h1-8H,(H,21,23). The number of nitrogens with zero attached hydrogens (tertiary/aromatic N) is 3. The average Bonchev–Trinajstić information content (AvgIpc) is 3.04. The van der Waals surface area contributed by atoms with Gasteiger partial charge >= 0.3 is 0 Å². The number of carbonyl (C=O) groups is 1. The summed E-state index contributed by atoms with van der Waals surface area (Å²) in [6.45, 7) is 0. The molecule has 0 saturated carbocycles. The van der Waals surface area contributed by atoms with Crippen molar-refractivity contribution in [1.29, 1.82) is 0 Å².